The van der Waals surface area contributed by atoms with Gasteiger partial charge in [0.2, 0.25) is 0 Å². The Labute approximate surface area is 165 Å². The van der Waals surface area contributed by atoms with Crippen molar-refractivity contribution in [1.29, 1.82) is 0 Å². The van der Waals surface area contributed by atoms with Gasteiger partial charge in [0, 0.05) is 11.4 Å². The van der Waals surface area contributed by atoms with Crippen molar-refractivity contribution in [2.75, 3.05) is 13.7 Å². The first kappa shape index (κ1) is 19.6. The van der Waals surface area contributed by atoms with Crippen molar-refractivity contribution in [2.45, 2.75) is 6.54 Å². The summed E-state index contributed by atoms with van der Waals surface area (Å²) in [7, 11) is 1.57. The first-order valence-electron chi connectivity index (χ1n) is 8.47. The van der Waals surface area contributed by atoms with Crippen LogP contribution in [-0.2, 0) is 16.1 Å². The van der Waals surface area contributed by atoms with Gasteiger partial charge >= 0.3 is 5.97 Å². The predicted octanol–water partition coefficient (Wildman–Crippen LogP) is 4.04. The van der Waals surface area contributed by atoms with E-state index in [1.807, 2.05) is 24.3 Å². The molecule has 0 spiro atoms. The Morgan fingerprint density at radius 2 is 1.86 bits per heavy atom. The number of rotatable bonds is 7. The van der Waals surface area contributed by atoms with Gasteiger partial charge in [0.05, 0.1) is 7.11 Å². The number of halogens is 1. The number of benzene rings is 2. The summed E-state index contributed by atoms with van der Waals surface area (Å²) in [6.45, 7) is -0.0616. The molecular weight excluding hydrogens is 381 g/mol. The molecule has 0 saturated carbocycles. The van der Waals surface area contributed by atoms with Crippen molar-refractivity contribution >= 4 is 23.2 Å². The number of amides is 1. The lowest BCUT2D eigenvalue weighted by molar-refractivity contribution is -0.124. The smallest absolute Gasteiger partial charge is 0.348 e. The van der Waals surface area contributed by atoms with Crippen LogP contribution in [0.5, 0.6) is 5.75 Å². The summed E-state index contributed by atoms with van der Waals surface area (Å²) in [5, 5.41) is 2.69. The SMILES string of the molecule is COc1cccc(CNC(=O)COC(=O)c2ccc(-c3ccc(F)cc3)s2)c1. The average Bonchev–Trinajstić information content (AvgIpc) is 3.21. The molecule has 1 aromatic heterocycles. The maximum absolute atomic E-state index is 13.0. The Balaban J connectivity index is 1.49. The average molecular weight is 399 g/mol. The molecule has 0 aliphatic heterocycles. The number of nitrogens with one attached hydrogen (secondary N) is 1. The molecule has 3 rings (SSSR count). The third kappa shape index (κ3) is 5.17. The van der Waals surface area contributed by atoms with Gasteiger partial charge < -0.3 is 14.8 Å². The number of hydrogen-bond donors (Lipinski definition) is 1. The summed E-state index contributed by atoms with van der Waals surface area (Å²) >= 11 is 1.22. The van der Waals surface area contributed by atoms with E-state index in [4.69, 9.17) is 9.47 Å². The van der Waals surface area contributed by atoms with Crippen molar-refractivity contribution in [3.8, 4) is 16.2 Å². The van der Waals surface area contributed by atoms with Gasteiger partial charge in [0.15, 0.2) is 6.61 Å². The van der Waals surface area contributed by atoms with Gasteiger partial charge in [-0.15, -0.1) is 11.3 Å². The maximum Gasteiger partial charge on any atom is 0.348 e. The van der Waals surface area contributed by atoms with Crippen molar-refractivity contribution < 1.29 is 23.5 Å². The van der Waals surface area contributed by atoms with Gasteiger partial charge in [-0.05, 0) is 47.5 Å². The number of thiophene rings is 1. The van der Waals surface area contributed by atoms with E-state index in [1.54, 1.807) is 31.4 Å². The lowest BCUT2D eigenvalue weighted by Crippen LogP contribution is -2.28. The van der Waals surface area contributed by atoms with Crippen molar-refractivity contribution in [3.63, 3.8) is 0 Å². The topological polar surface area (TPSA) is 64.6 Å². The van der Waals surface area contributed by atoms with E-state index in [2.05, 4.69) is 5.32 Å². The fourth-order valence-electron chi connectivity index (χ4n) is 2.45. The molecule has 0 bridgehead atoms. The lowest BCUT2D eigenvalue weighted by atomic mass is 10.2. The van der Waals surface area contributed by atoms with E-state index >= 15 is 0 Å². The zero-order valence-corrected chi connectivity index (χ0v) is 15.9. The van der Waals surface area contributed by atoms with Crippen LogP contribution in [0.25, 0.3) is 10.4 Å². The van der Waals surface area contributed by atoms with Crippen LogP contribution in [0.1, 0.15) is 15.2 Å². The quantitative estimate of drug-likeness (QED) is 0.609. The van der Waals surface area contributed by atoms with Crippen molar-refractivity contribution in [1.82, 2.24) is 5.32 Å². The zero-order valence-electron chi connectivity index (χ0n) is 15.1. The summed E-state index contributed by atoms with van der Waals surface area (Å²) in [6, 6.07) is 16.7. The molecule has 2 aromatic carbocycles. The molecule has 144 valence electrons. The molecule has 7 heteroatoms. The number of methoxy groups -OCH3 is 1. The molecular formula is C21H18FNO4S. The number of esters is 1. The summed E-state index contributed by atoms with van der Waals surface area (Å²) in [4.78, 5) is 25.2. The second-order valence-electron chi connectivity index (χ2n) is 5.88. The Kier molecular flexibility index (Phi) is 6.39. The van der Waals surface area contributed by atoms with Gasteiger partial charge in [-0.1, -0.05) is 24.3 Å². The number of carbonyl (C=O) groups excluding carboxylic acids is 2. The molecule has 0 atom stereocenters. The van der Waals surface area contributed by atoms with Gasteiger partial charge in [0.25, 0.3) is 5.91 Å². The van der Waals surface area contributed by atoms with Gasteiger partial charge in [-0.3, -0.25) is 4.79 Å². The van der Waals surface area contributed by atoms with Crippen LogP contribution >= 0.6 is 11.3 Å². The molecule has 1 heterocycles. The van der Waals surface area contributed by atoms with E-state index < -0.39 is 11.9 Å². The Bertz CT molecular complexity index is 969. The van der Waals surface area contributed by atoms with E-state index in [0.717, 1.165) is 16.0 Å². The van der Waals surface area contributed by atoms with Gasteiger partial charge in [0.1, 0.15) is 16.4 Å². The lowest BCUT2D eigenvalue weighted by Gasteiger charge is -2.07. The Morgan fingerprint density at radius 1 is 1.07 bits per heavy atom. The molecule has 0 fully saturated rings. The fraction of sp³-hybridized carbons (Fsp3) is 0.143. The van der Waals surface area contributed by atoms with Crippen molar-refractivity contribution in [2.24, 2.45) is 0 Å². The maximum atomic E-state index is 13.0. The molecule has 0 aliphatic carbocycles. The number of carbonyl (C=O) groups is 2. The van der Waals surface area contributed by atoms with E-state index in [0.29, 0.717) is 17.2 Å². The van der Waals surface area contributed by atoms with Crippen LogP contribution in [0.2, 0.25) is 0 Å². The van der Waals surface area contributed by atoms with Gasteiger partial charge in [-0.25, -0.2) is 9.18 Å². The summed E-state index contributed by atoms with van der Waals surface area (Å²) in [5.41, 5.74) is 1.68. The minimum absolute atomic E-state index is 0.307. The molecule has 5 nitrogen and oxygen atoms in total. The predicted molar refractivity (Wildman–Crippen MR) is 105 cm³/mol. The van der Waals surface area contributed by atoms with E-state index in [-0.39, 0.29) is 12.4 Å². The van der Waals surface area contributed by atoms with Crippen LogP contribution in [0, 0.1) is 5.82 Å². The standard InChI is InChI=1S/C21H18FNO4S/c1-26-17-4-2-3-14(11-17)12-23-20(24)13-27-21(25)19-10-9-18(28-19)15-5-7-16(22)8-6-15/h2-11H,12-13H2,1H3,(H,23,24). The highest BCUT2D eigenvalue weighted by molar-refractivity contribution is 7.17. The monoisotopic (exact) mass is 399 g/mol. The molecule has 0 radical (unpaired) electrons. The zero-order chi connectivity index (χ0) is 19.9. The third-order valence-electron chi connectivity index (χ3n) is 3.89. The molecule has 28 heavy (non-hydrogen) atoms. The van der Waals surface area contributed by atoms with E-state index in [1.165, 1.54) is 23.5 Å². The van der Waals surface area contributed by atoms with Crippen LogP contribution in [0.4, 0.5) is 4.39 Å². The summed E-state index contributed by atoms with van der Waals surface area (Å²) in [6.07, 6.45) is 0. The second kappa shape index (κ2) is 9.14. The molecule has 1 N–H and O–H groups in total. The highest BCUT2D eigenvalue weighted by atomic mass is 32.1. The fourth-order valence-corrected chi connectivity index (χ4v) is 3.36. The Hall–Kier alpha value is -3.19. The summed E-state index contributed by atoms with van der Waals surface area (Å²) in [5.74, 6) is -0.589. The minimum Gasteiger partial charge on any atom is -0.497 e. The van der Waals surface area contributed by atoms with Gasteiger partial charge in [-0.2, -0.15) is 0 Å². The van der Waals surface area contributed by atoms with Crippen LogP contribution in [0.15, 0.2) is 60.7 Å². The molecule has 1 amide bonds. The molecule has 0 saturated heterocycles. The van der Waals surface area contributed by atoms with Crippen LogP contribution in [0.3, 0.4) is 0 Å². The van der Waals surface area contributed by atoms with E-state index in [9.17, 15) is 14.0 Å². The molecule has 3 aromatic rings. The first-order valence-corrected chi connectivity index (χ1v) is 9.29. The highest BCUT2D eigenvalue weighted by Gasteiger charge is 2.13. The highest BCUT2D eigenvalue weighted by Crippen LogP contribution is 2.28. The summed E-state index contributed by atoms with van der Waals surface area (Å²) < 4.78 is 23.2. The molecule has 0 aliphatic rings. The first-order chi connectivity index (χ1) is 13.5. The third-order valence-corrected chi connectivity index (χ3v) is 5.01. The van der Waals surface area contributed by atoms with Crippen LogP contribution in [-0.4, -0.2) is 25.6 Å². The Morgan fingerprint density at radius 3 is 2.61 bits per heavy atom. The number of ether oxygens (including phenoxy) is 2. The molecule has 0 unspecified atom stereocenters. The second-order valence-corrected chi connectivity index (χ2v) is 6.96. The normalized spacial score (nSPS) is 10.4. The largest absolute Gasteiger partial charge is 0.497 e. The minimum atomic E-state index is -0.574. The van der Waals surface area contributed by atoms with Crippen molar-refractivity contribution in [3.05, 3.63) is 76.9 Å². The van der Waals surface area contributed by atoms with Crippen LogP contribution < -0.4 is 10.1 Å². The number of hydrogen-bond acceptors (Lipinski definition) is 5.